The molecule has 3 heteroatoms. The number of aryl methyl sites for hydroxylation is 2. The molecular weight excluding hydrogens is 298 g/mol. The second kappa shape index (κ2) is 7.37. The van der Waals surface area contributed by atoms with E-state index in [0.29, 0.717) is 19.6 Å². The number of nitrogens with two attached hydrogens (primary N) is 1. The summed E-state index contributed by atoms with van der Waals surface area (Å²) >= 11 is 0. The third kappa shape index (κ3) is 4.37. The fourth-order valence-electron chi connectivity index (χ4n) is 3.03. The van der Waals surface area contributed by atoms with Gasteiger partial charge in [-0.15, -0.1) is 0 Å². The Morgan fingerprint density at radius 1 is 1.08 bits per heavy atom. The molecule has 0 atom stereocenters. The van der Waals surface area contributed by atoms with E-state index in [0.717, 1.165) is 5.75 Å². The highest BCUT2D eigenvalue weighted by Gasteiger charge is 2.14. The van der Waals surface area contributed by atoms with Crippen LogP contribution < -0.4 is 10.5 Å². The maximum absolute atomic E-state index is 9.79. The minimum Gasteiger partial charge on any atom is -0.493 e. The smallest absolute Gasteiger partial charge is 0.119 e. The van der Waals surface area contributed by atoms with Gasteiger partial charge >= 0.3 is 0 Å². The van der Waals surface area contributed by atoms with Crippen LogP contribution in [0.4, 0.5) is 0 Å². The van der Waals surface area contributed by atoms with E-state index in [9.17, 15) is 5.11 Å². The minimum atomic E-state index is -0.705. The summed E-state index contributed by atoms with van der Waals surface area (Å²) in [6, 6.07) is 10.4. The van der Waals surface area contributed by atoms with Gasteiger partial charge in [0.1, 0.15) is 5.75 Å². The summed E-state index contributed by atoms with van der Waals surface area (Å²) in [6.07, 6.45) is 0.602. The Kier molecular flexibility index (Phi) is 5.68. The van der Waals surface area contributed by atoms with Crippen molar-refractivity contribution in [2.45, 2.75) is 53.2 Å². The SMILES string of the molecule is Cc1cc(OCCC(C)(C)O)cc(C)c1-c1cccc(CN)c1C. The van der Waals surface area contributed by atoms with E-state index in [1.165, 1.54) is 33.4 Å². The van der Waals surface area contributed by atoms with E-state index in [4.69, 9.17) is 10.5 Å². The van der Waals surface area contributed by atoms with Gasteiger partial charge in [-0.05, 0) is 80.1 Å². The Morgan fingerprint density at radius 2 is 1.71 bits per heavy atom. The molecule has 2 rings (SSSR count). The van der Waals surface area contributed by atoms with Gasteiger partial charge in [-0.2, -0.15) is 0 Å². The van der Waals surface area contributed by atoms with Crippen LogP contribution in [0.2, 0.25) is 0 Å². The Morgan fingerprint density at radius 3 is 2.25 bits per heavy atom. The summed E-state index contributed by atoms with van der Waals surface area (Å²) in [4.78, 5) is 0. The molecule has 0 aromatic heterocycles. The number of ether oxygens (including phenoxy) is 1. The average Bonchev–Trinajstić information content (AvgIpc) is 2.47. The first kappa shape index (κ1) is 18.5. The lowest BCUT2D eigenvalue weighted by molar-refractivity contribution is 0.0553. The molecule has 0 bridgehead atoms. The van der Waals surface area contributed by atoms with E-state index in [2.05, 4.69) is 51.1 Å². The van der Waals surface area contributed by atoms with E-state index in [1.807, 2.05) is 0 Å². The first-order valence-corrected chi connectivity index (χ1v) is 8.48. The third-order valence-corrected chi connectivity index (χ3v) is 4.42. The van der Waals surface area contributed by atoms with Gasteiger partial charge in [-0.3, -0.25) is 0 Å². The molecule has 0 fully saturated rings. The van der Waals surface area contributed by atoms with Crippen LogP contribution in [0.15, 0.2) is 30.3 Å². The predicted octanol–water partition coefficient (Wildman–Crippen LogP) is 4.28. The zero-order valence-electron chi connectivity index (χ0n) is 15.4. The van der Waals surface area contributed by atoms with Crippen LogP contribution in [-0.4, -0.2) is 17.3 Å². The quantitative estimate of drug-likeness (QED) is 0.832. The Labute approximate surface area is 145 Å². The van der Waals surface area contributed by atoms with Gasteiger partial charge in [-0.1, -0.05) is 18.2 Å². The van der Waals surface area contributed by atoms with Gasteiger partial charge in [-0.25, -0.2) is 0 Å². The van der Waals surface area contributed by atoms with Crippen molar-refractivity contribution in [3.05, 3.63) is 52.6 Å². The van der Waals surface area contributed by atoms with Gasteiger partial charge in [0.15, 0.2) is 0 Å². The summed E-state index contributed by atoms with van der Waals surface area (Å²) in [5.41, 5.74) is 12.4. The van der Waals surface area contributed by atoms with Crippen molar-refractivity contribution in [3.63, 3.8) is 0 Å². The molecule has 0 aliphatic rings. The van der Waals surface area contributed by atoms with E-state index in [-0.39, 0.29) is 0 Å². The van der Waals surface area contributed by atoms with Crippen LogP contribution in [0.5, 0.6) is 5.75 Å². The van der Waals surface area contributed by atoms with Gasteiger partial charge < -0.3 is 15.6 Å². The second-order valence-electron chi connectivity index (χ2n) is 7.14. The van der Waals surface area contributed by atoms with Crippen molar-refractivity contribution in [3.8, 4) is 16.9 Å². The topological polar surface area (TPSA) is 55.5 Å². The van der Waals surface area contributed by atoms with Crippen molar-refractivity contribution >= 4 is 0 Å². The Balaban J connectivity index is 2.31. The maximum atomic E-state index is 9.79. The van der Waals surface area contributed by atoms with Crippen LogP contribution in [0, 0.1) is 20.8 Å². The summed E-state index contributed by atoms with van der Waals surface area (Å²) in [6.45, 7) is 11.0. The van der Waals surface area contributed by atoms with Crippen LogP contribution in [0.1, 0.15) is 42.5 Å². The van der Waals surface area contributed by atoms with Gasteiger partial charge in [0, 0.05) is 13.0 Å². The van der Waals surface area contributed by atoms with Crippen LogP contribution in [0.3, 0.4) is 0 Å². The molecule has 3 N–H and O–H groups in total. The molecule has 0 amide bonds. The maximum Gasteiger partial charge on any atom is 0.119 e. The fraction of sp³-hybridized carbons (Fsp3) is 0.429. The van der Waals surface area contributed by atoms with Crippen molar-refractivity contribution in [1.29, 1.82) is 0 Å². The molecule has 130 valence electrons. The number of benzene rings is 2. The molecule has 0 heterocycles. The van der Waals surface area contributed by atoms with Crippen LogP contribution >= 0.6 is 0 Å². The molecule has 0 radical (unpaired) electrons. The highest BCUT2D eigenvalue weighted by atomic mass is 16.5. The number of hydrogen-bond acceptors (Lipinski definition) is 3. The van der Waals surface area contributed by atoms with Gasteiger partial charge in [0.25, 0.3) is 0 Å². The summed E-state index contributed by atoms with van der Waals surface area (Å²) in [5, 5.41) is 9.79. The molecule has 24 heavy (non-hydrogen) atoms. The van der Waals surface area contributed by atoms with Crippen molar-refractivity contribution in [2.75, 3.05) is 6.61 Å². The van der Waals surface area contributed by atoms with Crippen LogP contribution in [0.25, 0.3) is 11.1 Å². The lowest BCUT2D eigenvalue weighted by Crippen LogP contribution is -2.21. The van der Waals surface area contributed by atoms with E-state index >= 15 is 0 Å². The molecule has 0 saturated heterocycles. The predicted molar refractivity (Wildman–Crippen MR) is 100 cm³/mol. The first-order chi connectivity index (χ1) is 11.2. The normalized spacial score (nSPS) is 11.6. The molecule has 0 saturated carbocycles. The van der Waals surface area contributed by atoms with E-state index in [1.54, 1.807) is 13.8 Å². The zero-order chi connectivity index (χ0) is 17.9. The number of hydrogen-bond donors (Lipinski definition) is 2. The molecule has 3 nitrogen and oxygen atoms in total. The van der Waals surface area contributed by atoms with Gasteiger partial charge in [0.05, 0.1) is 12.2 Å². The van der Waals surface area contributed by atoms with Gasteiger partial charge in [0.2, 0.25) is 0 Å². The molecule has 2 aromatic rings. The van der Waals surface area contributed by atoms with Crippen molar-refractivity contribution in [1.82, 2.24) is 0 Å². The molecule has 0 unspecified atom stereocenters. The highest BCUT2D eigenvalue weighted by Crippen LogP contribution is 2.34. The number of aliphatic hydroxyl groups is 1. The first-order valence-electron chi connectivity index (χ1n) is 8.48. The van der Waals surface area contributed by atoms with Crippen LogP contribution in [-0.2, 0) is 6.54 Å². The minimum absolute atomic E-state index is 0.503. The van der Waals surface area contributed by atoms with Crippen molar-refractivity contribution in [2.24, 2.45) is 5.73 Å². The number of rotatable bonds is 6. The monoisotopic (exact) mass is 327 g/mol. The Hall–Kier alpha value is -1.84. The average molecular weight is 327 g/mol. The van der Waals surface area contributed by atoms with Crippen molar-refractivity contribution < 1.29 is 9.84 Å². The lowest BCUT2D eigenvalue weighted by atomic mass is 9.90. The fourth-order valence-corrected chi connectivity index (χ4v) is 3.03. The molecule has 2 aromatic carbocycles. The molecule has 0 spiro atoms. The highest BCUT2D eigenvalue weighted by molar-refractivity contribution is 5.75. The second-order valence-corrected chi connectivity index (χ2v) is 7.14. The third-order valence-electron chi connectivity index (χ3n) is 4.42. The summed E-state index contributed by atoms with van der Waals surface area (Å²) < 4.78 is 5.83. The zero-order valence-corrected chi connectivity index (χ0v) is 15.4. The molecule has 0 aliphatic heterocycles. The molecule has 0 aliphatic carbocycles. The summed E-state index contributed by atoms with van der Waals surface area (Å²) in [5.74, 6) is 0.852. The van der Waals surface area contributed by atoms with E-state index < -0.39 is 5.60 Å². The lowest BCUT2D eigenvalue weighted by Gasteiger charge is -2.19. The molecular formula is C21H29NO2. The summed E-state index contributed by atoms with van der Waals surface area (Å²) in [7, 11) is 0. The standard InChI is InChI=1S/C21H29NO2/c1-14-11-18(24-10-9-21(4,5)23)12-15(2)20(14)19-8-6-7-17(13-22)16(19)3/h6-8,11-12,23H,9-10,13,22H2,1-5H3. The largest absolute Gasteiger partial charge is 0.493 e. The Bertz CT molecular complexity index is 691.